The average molecular weight is 332 g/mol. The van der Waals surface area contributed by atoms with Gasteiger partial charge >= 0.3 is 0 Å². The maximum atomic E-state index is 12.2. The van der Waals surface area contributed by atoms with Crippen LogP contribution >= 0.6 is 0 Å². The van der Waals surface area contributed by atoms with Gasteiger partial charge in [0.2, 0.25) is 0 Å². The van der Waals surface area contributed by atoms with Gasteiger partial charge in [0.25, 0.3) is 10.0 Å². The van der Waals surface area contributed by atoms with Crippen LogP contribution in [-0.4, -0.2) is 21.2 Å². The average Bonchev–Trinajstić information content (AvgIpc) is 2.50. The van der Waals surface area contributed by atoms with Crippen molar-refractivity contribution in [2.75, 3.05) is 6.61 Å². The fraction of sp³-hybridized carbons (Fsp3) is 0.235. The summed E-state index contributed by atoms with van der Waals surface area (Å²) in [6.45, 7) is 6.36. The van der Waals surface area contributed by atoms with Gasteiger partial charge in [0, 0.05) is 0 Å². The zero-order chi connectivity index (χ0) is 16.9. The van der Waals surface area contributed by atoms with Gasteiger partial charge in [-0.15, -0.1) is 0 Å². The third-order valence-electron chi connectivity index (χ3n) is 3.25. The molecule has 6 heteroatoms. The van der Waals surface area contributed by atoms with E-state index in [1.165, 1.54) is 18.3 Å². The summed E-state index contributed by atoms with van der Waals surface area (Å²) < 4.78 is 29.6. The number of aryl methyl sites for hydroxylation is 2. The van der Waals surface area contributed by atoms with Crippen LogP contribution in [0.2, 0.25) is 0 Å². The Bertz CT molecular complexity index is 797. The summed E-state index contributed by atoms with van der Waals surface area (Å²) in [4.78, 5) is 2.36. The molecule has 0 saturated heterocycles. The van der Waals surface area contributed by atoms with Crippen molar-refractivity contribution in [3.8, 4) is 5.75 Å². The molecule has 2 aromatic carbocycles. The lowest BCUT2D eigenvalue weighted by molar-refractivity contribution is 0.340. The predicted molar refractivity (Wildman–Crippen MR) is 91.4 cm³/mol. The van der Waals surface area contributed by atoms with E-state index in [1.54, 1.807) is 12.1 Å². The lowest BCUT2D eigenvalue weighted by atomic mass is 10.1. The van der Waals surface area contributed by atoms with Gasteiger partial charge in [0.05, 0.1) is 17.7 Å². The minimum Gasteiger partial charge on any atom is -0.494 e. The van der Waals surface area contributed by atoms with Crippen LogP contribution in [-0.2, 0) is 10.0 Å². The third kappa shape index (κ3) is 4.56. The molecule has 23 heavy (non-hydrogen) atoms. The monoisotopic (exact) mass is 332 g/mol. The predicted octanol–water partition coefficient (Wildman–Crippen LogP) is 3.01. The van der Waals surface area contributed by atoms with E-state index >= 15 is 0 Å². The molecular weight excluding hydrogens is 312 g/mol. The van der Waals surface area contributed by atoms with Gasteiger partial charge in [-0.25, -0.2) is 4.83 Å². The molecule has 0 unspecified atom stereocenters. The molecule has 0 fully saturated rings. The molecule has 0 amide bonds. The molecule has 0 aliphatic heterocycles. The Balaban J connectivity index is 2.10. The summed E-state index contributed by atoms with van der Waals surface area (Å²) in [5, 5.41) is 3.84. The highest BCUT2D eigenvalue weighted by atomic mass is 32.2. The van der Waals surface area contributed by atoms with Crippen molar-refractivity contribution >= 4 is 16.2 Å². The molecule has 0 aliphatic carbocycles. The SMILES string of the molecule is CCOc1ccc(S(=O)(=O)N/N=C/c2ccc(C)cc2C)cc1. The summed E-state index contributed by atoms with van der Waals surface area (Å²) in [6.07, 6.45) is 1.50. The van der Waals surface area contributed by atoms with E-state index in [0.29, 0.717) is 12.4 Å². The van der Waals surface area contributed by atoms with Crippen LogP contribution in [0, 0.1) is 13.8 Å². The second-order valence-corrected chi connectivity index (χ2v) is 6.78. The third-order valence-corrected chi connectivity index (χ3v) is 4.49. The standard InChI is InChI=1S/C17H20N2O3S/c1-4-22-16-7-9-17(10-8-16)23(20,21)19-18-12-15-6-5-13(2)11-14(15)3/h5-12,19H,4H2,1-3H3/b18-12+. The van der Waals surface area contributed by atoms with Gasteiger partial charge in [-0.3, -0.25) is 0 Å². The molecule has 5 nitrogen and oxygen atoms in total. The number of nitrogens with zero attached hydrogens (tertiary/aromatic N) is 1. The summed E-state index contributed by atoms with van der Waals surface area (Å²) in [5.41, 5.74) is 3.05. The molecule has 122 valence electrons. The zero-order valence-corrected chi connectivity index (χ0v) is 14.2. The van der Waals surface area contributed by atoms with E-state index in [0.717, 1.165) is 16.7 Å². The van der Waals surface area contributed by atoms with Crippen LogP contribution in [0.15, 0.2) is 52.5 Å². The number of benzene rings is 2. The van der Waals surface area contributed by atoms with Crippen LogP contribution in [0.3, 0.4) is 0 Å². The Hall–Kier alpha value is -2.34. The van der Waals surface area contributed by atoms with Gasteiger partial charge in [-0.1, -0.05) is 23.8 Å². The molecule has 0 aliphatic rings. The van der Waals surface area contributed by atoms with Crippen LogP contribution in [0.4, 0.5) is 0 Å². The topological polar surface area (TPSA) is 67.8 Å². The molecule has 0 spiro atoms. The van der Waals surface area contributed by atoms with Crippen molar-refractivity contribution in [3.05, 3.63) is 59.2 Å². The van der Waals surface area contributed by atoms with Gasteiger partial charge < -0.3 is 4.74 Å². The van der Waals surface area contributed by atoms with Crippen molar-refractivity contribution in [3.63, 3.8) is 0 Å². The Morgan fingerprint density at radius 3 is 2.43 bits per heavy atom. The van der Waals surface area contributed by atoms with Crippen LogP contribution in [0.5, 0.6) is 5.75 Å². The number of sulfonamides is 1. The summed E-state index contributed by atoms with van der Waals surface area (Å²) in [5.74, 6) is 0.630. The van der Waals surface area contributed by atoms with E-state index in [-0.39, 0.29) is 4.90 Å². The highest BCUT2D eigenvalue weighted by Crippen LogP contribution is 2.15. The van der Waals surface area contributed by atoms with Gasteiger partial charge in [-0.2, -0.15) is 13.5 Å². The summed E-state index contributed by atoms with van der Waals surface area (Å²) in [7, 11) is -3.69. The summed E-state index contributed by atoms with van der Waals surface area (Å²) >= 11 is 0. The number of hydrogen-bond donors (Lipinski definition) is 1. The maximum Gasteiger partial charge on any atom is 0.276 e. The van der Waals surface area contributed by atoms with E-state index in [4.69, 9.17) is 4.74 Å². The number of rotatable bonds is 6. The normalized spacial score (nSPS) is 11.6. The largest absolute Gasteiger partial charge is 0.494 e. The minimum absolute atomic E-state index is 0.138. The van der Waals surface area contributed by atoms with Crippen LogP contribution in [0.25, 0.3) is 0 Å². The first-order valence-electron chi connectivity index (χ1n) is 7.27. The Kier molecular flexibility index (Phi) is 5.39. The lowest BCUT2D eigenvalue weighted by Gasteiger charge is -2.06. The number of ether oxygens (including phenoxy) is 1. The number of hydrogen-bond acceptors (Lipinski definition) is 4. The molecule has 1 N–H and O–H groups in total. The molecule has 0 aromatic heterocycles. The van der Waals surface area contributed by atoms with Gasteiger partial charge in [-0.05, 0) is 56.2 Å². The zero-order valence-electron chi connectivity index (χ0n) is 13.4. The van der Waals surface area contributed by atoms with Gasteiger partial charge in [0.1, 0.15) is 5.75 Å². The number of nitrogens with one attached hydrogen (secondary N) is 1. The molecular formula is C17H20N2O3S. The Morgan fingerprint density at radius 1 is 1.13 bits per heavy atom. The molecule has 2 aromatic rings. The fourth-order valence-corrected chi connectivity index (χ4v) is 2.86. The maximum absolute atomic E-state index is 12.2. The molecule has 0 heterocycles. The molecule has 0 atom stereocenters. The van der Waals surface area contributed by atoms with Crippen molar-refractivity contribution < 1.29 is 13.2 Å². The van der Waals surface area contributed by atoms with E-state index in [2.05, 4.69) is 9.93 Å². The van der Waals surface area contributed by atoms with Crippen LogP contribution in [0.1, 0.15) is 23.6 Å². The quantitative estimate of drug-likeness (QED) is 0.653. The number of hydrazone groups is 1. The molecule has 0 saturated carbocycles. The van der Waals surface area contributed by atoms with Crippen molar-refractivity contribution in [1.29, 1.82) is 0 Å². The first-order chi connectivity index (χ1) is 10.9. The second-order valence-electron chi connectivity index (χ2n) is 5.12. The fourth-order valence-electron chi connectivity index (χ4n) is 2.07. The lowest BCUT2D eigenvalue weighted by Crippen LogP contribution is -2.18. The van der Waals surface area contributed by atoms with Crippen molar-refractivity contribution in [2.45, 2.75) is 25.7 Å². The minimum atomic E-state index is -3.69. The Labute approximate surface area is 137 Å². The second kappa shape index (κ2) is 7.28. The smallest absolute Gasteiger partial charge is 0.276 e. The first kappa shape index (κ1) is 17.0. The Morgan fingerprint density at radius 2 is 1.83 bits per heavy atom. The molecule has 0 radical (unpaired) electrons. The highest BCUT2D eigenvalue weighted by Gasteiger charge is 2.12. The highest BCUT2D eigenvalue weighted by molar-refractivity contribution is 7.89. The van der Waals surface area contributed by atoms with Crippen molar-refractivity contribution in [1.82, 2.24) is 4.83 Å². The molecule has 2 rings (SSSR count). The van der Waals surface area contributed by atoms with Crippen molar-refractivity contribution in [2.24, 2.45) is 5.10 Å². The summed E-state index contributed by atoms with van der Waals surface area (Å²) in [6, 6.07) is 12.1. The molecule has 0 bridgehead atoms. The van der Waals surface area contributed by atoms with Crippen LogP contribution < -0.4 is 9.57 Å². The van der Waals surface area contributed by atoms with E-state index < -0.39 is 10.0 Å². The first-order valence-corrected chi connectivity index (χ1v) is 8.75. The van der Waals surface area contributed by atoms with E-state index in [9.17, 15) is 8.42 Å². The van der Waals surface area contributed by atoms with E-state index in [1.807, 2.05) is 39.0 Å². The van der Waals surface area contributed by atoms with Gasteiger partial charge in [0.15, 0.2) is 0 Å².